The van der Waals surface area contributed by atoms with Gasteiger partial charge in [0, 0.05) is 0 Å². The van der Waals surface area contributed by atoms with Gasteiger partial charge in [-0.15, -0.1) is 0 Å². The van der Waals surface area contributed by atoms with E-state index in [9.17, 15) is 5.11 Å². The molecule has 0 atom stereocenters. The first-order valence-electron chi connectivity index (χ1n) is 4.87. The van der Waals surface area contributed by atoms with Gasteiger partial charge in [0.1, 0.15) is 0 Å². The average molecular weight is 195 g/mol. The Morgan fingerprint density at radius 1 is 1.43 bits per heavy atom. The number of ether oxygens (including phenoxy) is 1. The summed E-state index contributed by atoms with van der Waals surface area (Å²) in [4.78, 5) is 0. The summed E-state index contributed by atoms with van der Waals surface area (Å²) in [5.41, 5.74) is 0.922. The molecule has 2 N–H and O–H groups in total. The zero-order valence-corrected chi connectivity index (χ0v) is 8.71. The zero-order valence-electron chi connectivity index (χ0n) is 8.71. The molecule has 0 amide bonds. The maximum Gasteiger partial charge on any atom is 0.161 e. The molecule has 0 aliphatic rings. The standard InChI is InChI=1S/C11H17NO2/c1-3-14-10-6-4-5-9(11(10)13)7-8-12-2/h4-6,12-13H,3,7-8H2,1-2H3. The van der Waals surface area contributed by atoms with Crippen LogP contribution in [0.4, 0.5) is 0 Å². The Balaban J connectivity index is 2.78. The molecule has 3 nitrogen and oxygen atoms in total. The third kappa shape index (κ3) is 2.64. The second kappa shape index (κ2) is 5.50. The van der Waals surface area contributed by atoms with E-state index in [1.165, 1.54) is 0 Å². The first-order valence-corrected chi connectivity index (χ1v) is 4.87. The van der Waals surface area contributed by atoms with Crippen LogP contribution in [0.25, 0.3) is 0 Å². The molecule has 14 heavy (non-hydrogen) atoms. The molecule has 0 fully saturated rings. The first-order chi connectivity index (χ1) is 6.79. The number of phenols is 1. The topological polar surface area (TPSA) is 41.5 Å². The van der Waals surface area contributed by atoms with E-state index >= 15 is 0 Å². The Labute approximate surface area is 84.7 Å². The zero-order chi connectivity index (χ0) is 10.4. The van der Waals surface area contributed by atoms with Crippen LogP contribution in [-0.4, -0.2) is 25.3 Å². The van der Waals surface area contributed by atoms with E-state index in [1.54, 1.807) is 6.07 Å². The molecule has 1 rings (SSSR count). The maximum absolute atomic E-state index is 9.79. The quantitative estimate of drug-likeness (QED) is 0.749. The number of rotatable bonds is 5. The van der Waals surface area contributed by atoms with Gasteiger partial charge in [0.05, 0.1) is 6.61 Å². The van der Waals surface area contributed by atoms with Crippen LogP contribution in [0.5, 0.6) is 11.5 Å². The van der Waals surface area contributed by atoms with E-state index in [2.05, 4.69) is 5.32 Å². The first kappa shape index (κ1) is 10.9. The van der Waals surface area contributed by atoms with Crippen molar-refractivity contribution in [1.29, 1.82) is 0 Å². The van der Waals surface area contributed by atoms with E-state index in [-0.39, 0.29) is 5.75 Å². The normalized spacial score (nSPS) is 10.1. The highest BCUT2D eigenvalue weighted by Gasteiger charge is 2.06. The number of para-hydroxylation sites is 1. The van der Waals surface area contributed by atoms with Gasteiger partial charge in [-0.1, -0.05) is 12.1 Å². The SMILES string of the molecule is CCOc1cccc(CCNC)c1O. The van der Waals surface area contributed by atoms with Crippen molar-refractivity contribution in [3.05, 3.63) is 23.8 Å². The number of hydrogen-bond acceptors (Lipinski definition) is 3. The summed E-state index contributed by atoms with van der Waals surface area (Å²) in [5.74, 6) is 0.839. The van der Waals surface area contributed by atoms with Crippen molar-refractivity contribution < 1.29 is 9.84 Å². The molecule has 0 radical (unpaired) electrons. The Hall–Kier alpha value is -1.22. The van der Waals surface area contributed by atoms with Crippen LogP contribution in [0, 0.1) is 0 Å². The minimum Gasteiger partial charge on any atom is -0.504 e. The second-order valence-electron chi connectivity index (χ2n) is 3.05. The third-order valence-corrected chi connectivity index (χ3v) is 2.03. The summed E-state index contributed by atoms with van der Waals surface area (Å²) in [6.45, 7) is 3.33. The molecule has 0 saturated carbocycles. The molecule has 3 heteroatoms. The van der Waals surface area contributed by atoms with Crippen molar-refractivity contribution >= 4 is 0 Å². The second-order valence-corrected chi connectivity index (χ2v) is 3.05. The highest BCUT2D eigenvalue weighted by atomic mass is 16.5. The third-order valence-electron chi connectivity index (χ3n) is 2.03. The van der Waals surface area contributed by atoms with E-state index in [1.807, 2.05) is 26.1 Å². The molecule has 0 bridgehead atoms. The molecule has 1 aromatic rings. The molecule has 78 valence electrons. The Kier molecular flexibility index (Phi) is 4.26. The molecule has 0 heterocycles. The minimum atomic E-state index is 0.268. The fourth-order valence-electron chi connectivity index (χ4n) is 1.30. The predicted molar refractivity (Wildman–Crippen MR) is 56.9 cm³/mol. The lowest BCUT2D eigenvalue weighted by Crippen LogP contribution is -2.10. The Morgan fingerprint density at radius 2 is 2.21 bits per heavy atom. The Morgan fingerprint density at radius 3 is 2.86 bits per heavy atom. The van der Waals surface area contributed by atoms with Crippen LogP contribution >= 0.6 is 0 Å². The molecule has 0 aliphatic heterocycles. The van der Waals surface area contributed by atoms with Crippen molar-refractivity contribution in [1.82, 2.24) is 5.32 Å². The lowest BCUT2D eigenvalue weighted by Gasteiger charge is -2.09. The molecular formula is C11H17NO2. The number of likely N-dealkylation sites (N-methyl/N-ethyl adjacent to an activating group) is 1. The van der Waals surface area contributed by atoms with Crippen molar-refractivity contribution in [3.8, 4) is 11.5 Å². The average Bonchev–Trinajstić information content (AvgIpc) is 2.20. The number of nitrogens with one attached hydrogen (secondary N) is 1. The van der Waals surface area contributed by atoms with Gasteiger partial charge in [0.25, 0.3) is 0 Å². The highest BCUT2D eigenvalue weighted by molar-refractivity contribution is 5.45. The van der Waals surface area contributed by atoms with Gasteiger partial charge in [-0.3, -0.25) is 0 Å². The molecule has 0 spiro atoms. The van der Waals surface area contributed by atoms with Gasteiger partial charge < -0.3 is 15.2 Å². The van der Waals surface area contributed by atoms with Crippen LogP contribution in [0.15, 0.2) is 18.2 Å². The lowest BCUT2D eigenvalue weighted by molar-refractivity contribution is 0.316. The number of aromatic hydroxyl groups is 1. The highest BCUT2D eigenvalue weighted by Crippen LogP contribution is 2.29. The van der Waals surface area contributed by atoms with Crippen molar-refractivity contribution in [3.63, 3.8) is 0 Å². The number of hydrogen-bond donors (Lipinski definition) is 2. The summed E-state index contributed by atoms with van der Waals surface area (Å²) in [5, 5.41) is 12.8. The van der Waals surface area contributed by atoms with Gasteiger partial charge in [-0.05, 0) is 38.6 Å². The smallest absolute Gasteiger partial charge is 0.161 e. The van der Waals surface area contributed by atoms with Crippen LogP contribution in [0.1, 0.15) is 12.5 Å². The fraction of sp³-hybridized carbons (Fsp3) is 0.455. The van der Waals surface area contributed by atoms with Crippen LogP contribution < -0.4 is 10.1 Å². The van der Waals surface area contributed by atoms with E-state index in [4.69, 9.17) is 4.74 Å². The van der Waals surface area contributed by atoms with Gasteiger partial charge in [0.15, 0.2) is 11.5 Å². The maximum atomic E-state index is 9.79. The predicted octanol–water partition coefficient (Wildman–Crippen LogP) is 1.55. The summed E-state index contributed by atoms with van der Waals surface area (Å²) in [6, 6.07) is 5.59. The minimum absolute atomic E-state index is 0.268. The van der Waals surface area contributed by atoms with Gasteiger partial charge >= 0.3 is 0 Å². The van der Waals surface area contributed by atoms with E-state index in [0.717, 1.165) is 18.5 Å². The lowest BCUT2D eigenvalue weighted by atomic mass is 10.1. The number of benzene rings is 1. The van der Waals surface area contributed by atoms with Gasteiger partial charge in [-0.2, -0.15) is 0 Å². The summed E-state index contributed by atoms with van der Waals surface area (Å²) in [6.07, 6.45) is 0.809. The van der Waals surface area contributed by atoms with Crippen LogP contribution in [-0.2, 0) is 6.42 Å². The summed E-state index contributed by atoms with van der Waals surface area (Å²) >= 11 is 0. The summed E-state index contributed by atoms with van der Waals surface area (Å²) in [7, 11) is 1.89. The number of phenolic OH excluding ortho intramolecular Hbond substituents is 1. The fourth-order valence-corrected chi connectivity index (χ4v) is 1.30. The van der Waals surface area contributed by atoms with Crippen molar-refractivity contribution in [2.75, 3.05) is 20.2 Å². The van der Waals surface area contributed by atoms with Crippen molar-refractivity contribution in [2.24, 2.45) is 0 Å². The van der Waals surface area contributed by atoms with Crippen LogP contribution in [0.2, 0.25) is 0 Å². The molecular weight excluding hydrogens is 178 g/mol. The molecule has 0 aliphatic carbocycles. The van der Waals surface area contributed by atoms with Crippen molar-refractivity contribution in [2.45, 2.75) is 13.3 Å². The van der Waals surface area contributed by atoms with Gasteiger partial charge in [0.2, 0.25) is 0 Å². The van der Waals surface area contributed by atoms with Gasteiger partial charge in [-0.25, -0.2) is 0 Å². The summed E-state index contributed by atoms with van der Waals surface area (Å²) < 4.78 is 5.29. The molecule has 0 saturated heterocycles. The van der Waals surface area contributed by atoms with Crippen LogP contribution in [0.3, 0.4) is 0 Å². The van der Waals surface area contributed by atoms with E-state index in [0.29, 0.717) is 12.4 Å². The molecule has 1 aromatic carbocycles. The molecule has 0 aromatic heterocycles. The largest absolute Gasteiger partial charge is 0.504 e. The molecule has 0 unspecified atom stereocenters. The Bertz CT molecular complexity index is 287. The monoisotopic (exact) mass is 195 g/mol. The van der Waals surface area contributed by atoms with E-state index < -0.39 is 0 Å².